The van der Waals surface area contributed by atoms with Gasteiger partial charge in [-0.15, -0.1) is 0 Å². The number of phenols is 1. The molecule has 0 aliphatic heterocycles. The van der Waals surface area contributed by atoms with Gasteiger partial charge in [0.05, 0.1) is 7.11 Å². The highest BCUT2D eigenvalue weighted by Crippen LogP contribution is 2.32. The van der Waals surface area contributed by atoms with Crippen molar-refractivity contribution in [2.45, 2.75) is 38.0 Å². The summed E-state index contributed by atoms with van der Waals surface area (Å²) in [4.78, 5) is 12.3. The van der Waals surface area contributed by atoms with Crippen LogP contribution in [0.15, 0.2) is 48.5 Å². The SMILES string of the molecule is COc1ccc(C=CC(=O)c2ccc(C3CCCCC3)cc2)cc1O. The van der Waals surface area contributed by atoms with Crippen molar-refractivity contribution >= 4 is 11.9 Å². The van der Waals surface area contributed by atoms with E-state index >= 15 is 0 Å². The molecule has 0 aromatic heterocycles. The zero-order valence-electron chi connectivity index (χ0n) is 14.6. The molecule has 3 rings (SSSR count). The minimum Gasteiger partial charge on any atom is -0.504 e. The Morgan fingerprint density at radius 3 is 2.44 bits per heavy atom. The molecule has 0 saturated heterocycles. The minimum atomic E-state index is -0.0366. The van der Waals surface area contributed by atoms with Crippen LogP contribution in [0, 0.1) is 0 Å². The lowest BCUT2D eigenvalue weighted by Gasteiger charge is -2.21. The number of aromatic hydroxyl groups is 1. The Morgan fingerprint density at radius 1 is 1.08 bits per heavy atom. The molecule has 0 bridgehead atoms. The number of phenolic OH excluding ortho intramolecular Hbond substituents is 1. The number of carbonyl (C=O) groups excluding carboxylic acids is 1. The predicted molar refractivity (Wildman–Crippen MR) is 100 cm³/mol. The Morgan fingerprint density at radius 2 is 1.80 bits per heavy atom. The van der Waals surface area contributed by atoms with Crippen LogP contribution in [0.4, 0.5) is 0 Å². The number of ether oxygens (including phenoxy) is 1. The highest BCUT2D eigenvalue weighted by atomic mass is 16.5. The van der Waals surface area contributed by atoms with Gasteiger partial charge in [-0.3, -0.25) is 4.79 Å². The van der Waals surface area contributed by atoms with Crippen LogP contribution in [0.2, 0.25) is 0 Å². The Labute approximate surface area is 149 Å². The molecule has 0 atom stereocenters. The first-order chi connectivity index (χ1) is 12.2. The van der Waals surface area contributed by atoms with Crippen molar-refractivity contribution in [1.29, 1.82) is 0 Å². The molecule has 25 heavy (non-hydrogen) atoms. The first kappa shape index (κ1) is 17.3. The van der Waals surface area contributed by atoms with E-state index in [9.17, 15) is 9.90 Å². The quantitative estimate of drug-likeness (QED) is 0.592. The third-order valence-corrected chi connectivity index (χ3v) is 4.90. The Balaban J connectivity index is 1.67. The standard InChI is InChI=1S/C22H24O3/c1-25-22-14-8-16(15-21(22)24)7-13-20(23)19-11-9-18(10-12-19)17-5-3-2-4-6-17/h7-15,17,24H,2-6H2,1H3. The maximum absolute atomic E-state index is 12.3. The topological polar surface area (TPSA) is 46.5 Å². The summed E-state index contributed by atoms with van der Waals surface area (Å²) in [5.74, 6) is 1.09. The molecule has 1 N–H and O–H groups in total. The fourth-order valence-electron chi connectivity index (χ4n) is 3.43. The summed E-state index contributed by atoms with van der Waals surface area (Å²) < 4.78 is 5.01. The van der Waals surface area contributed by atoms with Gasteiger partial charge in [0.2, 0.25) is 0 Å². The largest absolute Gasteiger partial charge is 0.504 e. The van der Waals surface area contributed by atoms with Crippen LogP contribution in [0.1, 0.15) is 59.5 Å². The minimum absolute atomic E-state index is 0.0366. The monoisotopic (exact) mass is 336 g/mol. The average molecular weight is 336 g/mol. The van der Waals surface area contributed by atoms with Crippen molar-refractivity contribution < 1.29 is 14.6 Å². The third kappa shape index (κ3) is 4.30. The molecule has 1 fully saturated rings. The van der Waals surface area contributed by atoms with Gasteiger partial charge in [0.1, 0.15) is 0 Å². The first-order valence-corrected chi connectivity index (χ1v) is 8.87. The van der Waals surface area contributed by atoms with Crippen molar-refractivity contribution in [2.24, 2.45) is 0 Å². The highest BCUT2D eigenvalue weighted by molar-refractivity contribution is 6.06. The molecule has 1 saturated carbocycles. The maximum Gasteiger partial charge on any atom is 0.185 e. The van der Waals surface area contributed by atoms with Crippen LogP contribution in [-0.4, -0.2) is 18.0 Å². The average Bonchev–Trinajstić information content (AvgIpc) is 2.67. The van der Waals surface area contributed by atoms with Gasteiger partial charge in [-0.25, -0.2) is 0 Å². The van der Waals surface area contributed by atoms with Gasteiger partial charge in [-0.2, -0.15) is 0 Å². The Hall–Kier alpha value is -2.55. The fourth-order valence-corrected chi connectivity index (χ4v) is 3.43. The van der Waals surface area contributed by atoms with E-state index in [2.05, 4.69) is 12.1 Å². The lowest BCUT2D eigenvalue weighted by Crippen LogP contribution is -2.05. The van der Waals surface area contributed by atoms with Gasteiger partial charge in [0.15, 0.2) is 17.3 Å². The molecule has 0 amide bonds. The van der Waals surface area contributed by atoms with E-state index in [0.717, 1.165) is 5.56 Å². The second kappa shape index (κ2) is 8.02. The molecule has 1 aliphatic carbocycles. The van der Waals surface area contributed by atoms with Crippen molar-refractivity contribution in [3.05, 3.63) is 65.2 Å². The molecule has 1 aliphatic rings. The van der Waals surface area contributed by atoms with E-state index in [0.29, 0.717) is 17.2 Å². The van der Waals surface area contributed by atoms with Gasteiger partial charge < -0.3 is 9.84 Å². The molecule has 2 aromatic rings. The summed E-state index contributed by atoms with van der Waals surface area (Å²) >= 11 is 0. The number of hydrogen-bond donors (Lipinski definition) is 1. The van der Waals surface area contributed by atoms with E-state index in [1.807, 2.05) is 12.1 Å². The van der Waals surface area contributed by atoms with Gasteiger partial charge in [0.25, 0.3) is 0 Å². The van der Waals surface area contributed by atoms with Crippen LogP contribution in [0.3, 0.4) is 0 Å². The van der Waals surface area contributed by atoms with Crippen LogP contribution in [0.25, 0.3) is 6.08 Å². The summed E-state index contributed by atoms with van der Waals surface area (Å²) in [6.07, 6.45) is 9.72. The second-order valence-electron chi connectivity index (χ2n) is 6.59. The lowest BCUT2D eigenvalue weighted by molar-refractivity contribution is 0.104. The van der Waals surface area contributed by atoms with E-state index < -0.39 is 0 Å². The van der Waals surface area contributed by atoms with Crippen LogP contribution in [0.5, 0.6) is 11.5 Å². The van der Waals surface area contributed by atoms with Gasteiger partial charge in [-0.1, -0.05) is 55.7 Å². The summed E-state index contributed by atoms with van der Waals surface area (Å²) in [6, 6.07) is 13.1. The lowest BCUT2D eigenvalue weighted by atomic mass is 9.84. The zero-order chi connectivity index (χ0) is 17.6. The summed E-state index contributed by atoms with van der Waals surface area (Å²) in [6.45, 7) is 0. The molecular weight excluding hydrogens is 312 g/mol. The van der Waals surface area contributed by atoms with E-state index in [-0.39, 0.29) is 11.5 Å². The fraction of sp³-hybridized carbons (Fsp3) is 0.318. The third-order valence-electron chi connectivity index (χ3n) is 4.90. The smallest absolute Gasteiger partial charge is 0.185 e. The predicted octanol–water partition coefficient (Wildman–Crippen LogP) is 5.34. The number of allylic oxidation sites excluding steroid dienone is 1. The molecule has 3 heteroatoms. The summed E-state index contributed by atoms with van der Waals surface area (Å²) in [7, 11) is 1.51. The number of benzene rings is 2. The highest BCUT2D eigenvalue weighted by Gasteiger charge is 2.15. The molecule has 130 valence electrons. The van der Waals surface area contributed by atoms with E-state index in [1.54, 1.807) is 24.3 Å². The van der Waals surface area contributed by atoms with E-state index in [1.165, 1.54) is 50.9 Å². The van der Waals surface area contributed by atoms with E-state index in [4.69, 9.17) is 4.74 Å². The first-order valence-electron chi connectivity index (χ1n) is 8.87. The molecular formula is C22H24O3. The zero-order valence-corrected chi connectivity index (χ0v) is 14.6. The van der Waals surface area contributed by atoms with Crippen molar-refractivity contribution in [3.63, 3.8) is 0 Å². The second-order valence-corrected chi connectivity index (χ2v) is 6.59. The van der Waals surface area contributed by atoms with Crippen molar-refractivity contribution in [2.75, 3.05) is 7.11 Å². The number of methoxy groups -OCH3 is 1. The van der Waals surface area contributed by atoms with Gasteiger partial charge in [0, 0.05) is 5.56 Å². The number of hydrogen-bond acceptors (Lipinski definition) is 3. The summed E-state index contributed by atoms with van der Waals surface area (Å²) in [5, 5.41) is 9.78. The number of rotatable bonds is 5. The molecule has 0 unspecified atom stereocenters. The molecule has 0 spiro atoms. The van der Waals surface area contributed by atoms with Crippen LogP contribution < -0.4 is 4.74 Å². The molecule has 3 nitrogen and oxygen atoms in total. The maximum atomic E-state index is 12.3. The van der Waals surface area contributed by atoms with Crippen molar-refractivity contribution in [1.82, 2.24) is 0 Å². The molecule has 0 radical (unpaired) electrons. The normalized spacial score (nSPS) is 15.4. The summed E-state index contributed by atoms with van der Waals surface area (Å²) in [5.41, 5.74) is 2.79. The molecule has 0 heterocycles. The Bertz CT molecular complexity index is 753. The van der Waals surface area contributed by atoms with Gasteiger partial charge >= 0.3 is 0 Å². The number of ketones is 1. The van der Waals surface area contributed by atoms with Gasteiger partial charge in [-0.05, 0) is 48.1 Å². The van der Waals surface area contributed by atoms with Crippen LogP contribution >= 0.6 is 0 Å². The van der Waals surface area contributed by atoms with Crippen molar-refractivity contribution in [3.8, 4) is 11.5 Å². The van der Waals surface area contributed by atoms with Crippen LogP contribution in [-0.2, 0) is 0 Å². The molecule has 2 aromatic carbocycles. The number of carbonyl (C=O) groups is 1. The Kier molecular flexibility index (Phi) is 5.54.